The molecule has 0 spiro atoms. The molecule has 0 fully saturated rings. The van der Waals surface area contributed by atoms with E-state index in [-0.39, 0.29) is 5.41 Å². The maximum atomic E-state index is 3.96. The summed E-state index contributed by atoms with van der Waals surface area (Å²) in [5.41, 5.74) is 1.79. The van der Waals surface area contributed by atoms with Crippen LogP contribution >= 0.6 is 0 Å². The first-order valence-electron chi connectivity index (χ1n) is 7.28. The number of rotatable bonds is 9. The lowest BCUT2D eigenvalue weighted by molar-refractivity contribution is 0.448. The quantitative estimate of drug-likeness (QED) is 0.428. The second-order valence-corrected chi connectivity index (χ2v) is 6.41. The van der Waals surface area contributed by atoms with Crippen LogP contribution in [0.2, 0.25) is 0 Å². The minimum atomic E-state index is 0.202. The maximum absolute atomic E-state index is 3.96. The van der Waals surface area contributed by atoms with Gasteiger partial charge in [-0.3, -0.25) is 0 Å². The van der Waals surface area contributed by atoms with E-state index in [1.807, 2.05) is 6.08 Å². The van der Waals surface area contributed by atoms with E-state index in [2.05, 4.69) is 59.9 Å². The van der Waals surface area contributed by atoms with E-state index in [4.69, 9.17) is 0 Å². The van der Waals surface area contributed by atoms with Crippen LogP contribution in [0, 0.1) is 17.3 Å². The molecule has 0 aliphatic rings. The topological polar surface area (TPSA) is 0 Å². The van der Waals surface area contributed by atoms with E-state index < -0.39 is 0 Å². The highest BCUT2D eigenvalue weighted by atomic mass is 14.2. The highest BCUT2D eigenvalue weighted by Crippen LogP contribution is 2.31. The van der Waals surface area contributed by atoms with Crippen LogP contribution in [0.15, 0.2) is 37.0 Å². The molecule has 0 nitrogen and oxygen atoms in total. The number of hydrogen-bond donors (Lipinski definition) is 0. The summed E-state index contributed by atoms with van der Waals surface area (Å²) in [5.74, 6) is 1.37. The van der Waals surface area contributed by atoms with Gasteiger partial charge in [-0.2, -0.15) is 0 Å². The van der Waals surface area contributed by atoms with Gasteiger partial charge in [-0.05, 0) is 36.5 Å². The van der Waals surface area contributed by atoms with E-state index >= 15 is 0 Å². The lowest BCUT2D eigenvalue weighted by Crippen LogP contribution is -2.10. The van der Waals surface area contributed by atoms with Crippen molar-refractivity contribution in [3.63, 3.8) is 0 Å². The molecular formula is C18H32. The lowest BCUT2D eigenvalue weighted by atomic mass is 9.81. The molecule has 18 heavy (non-hydrogen) atoms. The van der Waals surface area contributed by atoms with Crippen LogP contribution in [0.25, 0.3) is 0 Å². The van der Waals surface area contributed by atoms with Gasteiger partial charge in [0.15, 0.2) is 0 Å². The maximum Gasteiger partial charge on any atom is -0.0140 e. The van der Waals surface area contributed by atoms with Gasteiger partial charge >= 0.3 is 0 Å². The molecule has 0 N–H and O–H groups in total. The Labute approximate surface area is 115 Å². The summed E-state index contributed by atoms with van der Waals surface area (Å²) in [6, 6.07) is 0. The van der Waals surface area contributed by atoms with Crippen LogP contribution < -0.4 is 0 Å². The van der Waals surface area contributed by atoms with Crippen LogP contribution in [-0.2, 0) is 0 Å². The fourth-order valence-corrected chi connectivity index (χ4v) is 2.19. The van der Waals surface area contributed by atoms with Gasteiger partial charge in [0.25, 0.3) is 0 Å². The van der Waals surface area contributed by atoms with Gasteiger partial charge in [-0.15, -0.1) is 13.2 Å². The molecule has 0 heterocycles. The minimum Gasteiger partial charge on any atom is -0.103 e. The Kier molecular flexibility index (Phi) is 7.98. The summed E-state index contributed by atoms with van der Waals surface area (Å²) in [7, 11) is 0. The van der Waals surface area contributed by atoms with Gasteiger partial charge in [0.2, 0.25) is 0 Å². The number of allylic oxidation sites excluding steroid dienone is 4. The summed E-state index contributed by atoms with van der Waals surface area (Å²) in [6.45, 7) is 19.2. The molecule has 0 aromatic rings. The lowest BCUT2D eigenvalue weighted by Gasteiger charge is -2.24. The van der Waals surface area contributed by atoms with Crippen LogP contribution in [0.3, 0.4) is 0 Å². The monoisotopic (exact) mass is 248 g/mol. The van der Waals surface area contributed by atoms with Crippen molar-refractivity contribution < 1.29 is 0 Å². The highest BCUT2D eigenvalue weighted by molar-refractivity contribution is 5.10. The Morgan fingerprint density at radius 3 is 2.28 bits per heavy atom. The largest absolute Gasteiger partial charge is 0.103 e. The molecule has 0 rings (SSSR count). The van der Waals surface area contributed by atoms with Crippen molar-refractivity contribution in [3.8, 4) is 0 Å². The molecule has 0 bridgehead atoms. The van der Waals surface area contributed by atoms with Crippen molar-refractivity contribution in [1.82, 2.24) is 0 Å². The van der Waals surface area contributed by atoms with Gasteiger partial charge in [0.05, 0.1) is 0 Å². The van der Waals surface area contributed by atoms with Crippen LogP contribution in [0.4, 0.5) is 0 Å². The van der Waals surface area contributed by atoms with Gasteiger partial charge in [-0.25, -0.2) is 0 Å². The average Bonchev–Trinajstić information content (AvgIpc) is 2.28. The molecule has 0 radical (unpaired) electrons. The van der Waals surface area contributed by atoms with Crippen molar-refractivity contribution in [2.45, 2.75) is 60.3 Å². The zero-order valence-electron chi connectivity index (χ0n) is 13.1. The highest BCUT2D eigenvalue weighted by Gasteiger charge is 2.17. The molecule has 0 aromatic heterocycles. The second-order valence-electron chi connectivity index (χ2n) is 6.41. The molecule has 0 aliphatic carbocycles. The summed E-state index contributed by atoms with van der Waals surface area (Å²) in [5, 5.41) is 0. The Balaban J connectivity index is 4.77. The summed E-state index contributed by atoms with van der Waals surface area (Å²) in [6.07, 6.45) is 11.2. The van der Waals surface area contributed by atoms with E-state index in [1.165, 1.54) is 12.8 Å². The molecule has 0 saturated heterocycles. The molecule has 0 saturated carbocycles. The summed E-state index contributed by atoms with van der Waals surface area (Å²) in [4.78, 5) is 0. The first kappa shape index (κ1) is 17.2. The standard InChI is InChI=1S/C18H32/c1-8-11-16(5)13-17(12-15(4)9-2)14-18(6,7)10-3/h8,10,12,15-16H,1,3,9,11,13-14H2,2,4-7H3. The van der Waals surface area contributed by atoms with Crippen molar-refractivity contribution in [2.24, 2.45) is 17.3 Å². The van der Waals surface area contributed by atoms with Crippen molar-refractivity contribution >= 4 is 0 Å². The third kappa shape index (κ3) is 7.53. The third-order valence-electron chi connectivity index (χ3n) is 3.58. The predicted molar refractivity (Wildman–Crippen MR) is 84.7 cm³/mol. The number of hydrogen-bond acceptors (Lipinski definition) is 0. The van der Waals surface area contributed by atoms with Gasteiger partial charge in [0, 0.05) is 0 Å². The van der Waals surface area contributed by atoms with Crippen LogP contribution in [0.1, 0.15) is 60.3 Å². The molecule has 0 aliphatic heterocycles. The normalized spacial score (nSPS) is 16.2. The van der Waals surface area contributed by atoms with E-state index in [0.29, 0.717) is 11.8 Å². The zero-order chi connectivity index (χ0) is 14.2. The Morgan fingerprint density at radius 2 is 1.83 bits per heavy atom. The summed E-state index contributed by atoms with van der Waals surface area (Å²) < 4.78 is 0. The van der Waals surface area contributed by atoms with Crippen molar-refractivity contribution in [1.29, 1.82) is 0 Å². The van der Waals surface area contributed by atoms with Gasteiger partial charge in [-0.1, -0.05) is 64.8 Å². The van der Waals surface area contributed by atoms with Crippen molar-refractivity contribution in [2.75, 3.05) is 0 Å². The molecule has 0 amide bonds. The van der Waals surface area contributed by atoms with Gasteiger partial charge in [0.1, 0.15) is 0 Å². The van der Waals surface area contributed by atoms with E-state index in [9.17, 15) is 0 Å². The molecule has 0 aromatic carbocycles. The van der Waals surface area contributed by atoms with Gasteiger partial charge < -0.3 is 0 Å². The van der Waals surface area contributed by atoms with E-state index in [1.54, 1.807) is 5.57 Å². The molecule has 0 heteroatoms. The SMILES string of the molecule is C=CCC(C)CC(=CC(C)CC)CC(C)(C)C=C. The first-order valence-corrected chi connectivity index (χ1v) is 7.28. The second kappa shape index (κ2) is 8.34. The minimum absolute atomic E-state index is 0.202. The molecule has 2 unspecified atom stereocenters. The summed E-state index contributed by atoms with van der Waals surface area (Å²) >= 11 is 0. The molecule has 104 valence electrons. The third-order valence-corrected chi connectivity index (χ3v) is 3.58. The Bertz CT molecular complexity index is 280. The molecular weight excluding hydrogens is 216 g/mol. The van der Waals surface area contributed by atoms with Crippen molar-refractivity contribution in [3.05, 3.63) is 37.0 Å². The molecule has 2 atom stereocenters. The fourth-order valence-electron chi connectivity index (χ4n) is 2.19. The fraction of sp³-hybridized carbons (Fsp3) is 0.667. The van der Waals surface area contributed by atoms with E-state index in [0.717, 1.165) is 12.8 Å². The predicted octanol–water partition coefficient (Wildman–Crippen LogP) is 6.16. The first-order chi connectivity index (χ1) is 8.34. The Morgan fingerprint density at radius 1 is 1.22 bits per heavy atom. The van der Waals surface area contributed by atoms with Crippen LogP contribution in [0.5, 0.6) is 0 Å². The van der Waals surface area contributed by atoms with Crippen LogP contribution in [-0.4, -0.2) is 0 Å². The smallest absolute Gasteiger partial charge is 0.0140 e. The zero-order valence-corrected chi connectivity index (χ0v) is 13.1. The average molecular weight is 248 g/mol. The Hall–Kier alpha value is -0.780.